The molecule has 0 saturated heterocycles. The maximum atomic E-state index is 6.05. The van der Waals surface area contributed by atoms with E-state index in [1.807, 2.05) is 28.8 Å². The van der Waals surface area contributed by atoms with Gasteiger partial charge in [-0.15, -0.1) is 0 Å². The van der Waals surface area contributed by atoms with E-state index in [0.29, 0.717) is 10.3 Å². The zero-order chi connectivity index (χ0) is 11.7. The van der Waals surface area contributed by atoms with Crippen molar-refractivity contribution in [3.05, 3.63) is 40.8 Å². The standard InChI is InChI=1S/C12H12Cl2N2/c1-8(2)16-11(7-15-12(16)14)9-4-3-5-10(13)6-9/h3-8H,1-2H3. The molecule has 2 nitrogen and oxygen atoms in total. The molecule has 0 bridgehead atoms. The van der Waals surface area contributed by atoms with E-state index >= 15 is 0 Å². The number of halogens is 2. The van der Waals surface area contributed by atoms with Gasteiger partial charge in [-0.25, -0.2) is 4.98 Å². The highest BCUT2D eigenvalue weighted by molar-refractivity contribution is 6.31. The van der Waals surface area contributed by atoms with Crippen molar-refractivity contribution < 1.29 is 0 Å². The molecule has 0 unspecified atom stereocenters. The van der Waals surface area contributed by atoms with Crippen LogP contribution in [-0.2, 0) is 0 Å². The first-order valence-electron chi connectivity index (χ1n) is 5.08. The van der Waals surface area contributed by atoms with E-state index in [1.165, 1.54) is 0 Å². The average molecular weight is 255 g/mol. The van der Waals surface area contributed by atoms with Crippen LogP contribution in [0.2, 0.25) is 10.3 Å². The van der Waals surface area contributed by atoms with E-state index in [4.69, 9.17) is 23.2 Å². The fraction of sp³-hybridized carbons (Fsp3) is 0.250. The number of nitrogens with zero attached hydrogens (tertiary/aromatic N) is 2. The molecular formula is C12H12Cl2N2. The molecule has 0 fully saturated rings. The van der Waals surface area contributed by atoms with Gasteiger partial charge in [-0.05, 0) is 37.6 Å². The van der Waals surface area contributed by atoms with Crippen LogP contribution in [0.3, 0.4) is 0 Å². The van der Waals surface area contributed by atoms with Crippen molar-refractivity contribution in [2.45, 2.75) is 19.9 Å². The lowest BCUT2D eigenvalue weighted by molar-refractivity contribution is 0.606. The Hall–Kier alpha value is -0.990. The summed E-state index contributed by atoms with van der Waals surface area (Å²) in [4.78, 5) is 4.13. The molecule has 4 heteroatoms. The second kappa shape index (κ2) is 4.48. The smallest absolute Gasteiger partial charge is 0.203 e. The lowest BCUT2D eigenvalue weighted by atomic mass is 10.1. The average Bonchev–Trinajstić information content (AvgIpc) is 2.60. The third kappa shape index (κ3) is 2.08. The SMILES string of the molecule is CC(C)n1c(-c2cccc(Cl)c2)cnc1Cl. The summed E-state index contributed by atoms with van der Waals surface area (Å²) in [6, 6.07) is 7.95. The summed E-state index contributed by atoms with van der Waals surface area (Å²) < 4.78 is 1.98. The van der Waals surface area contributed by atoms with Gasteiger partial charge in [0.15, 0.2) is 0 Å². The number of hydrogen-bond acceptors (Lipinski definition) is 1. The fourth-order valence-electron chi connectivity index (χ4n) is 1.69. The van der Waals surface area contributed by atoms with Crippen LogP contribution in [0.15, 0.2) is 30.5 Å². The molecular weight excluding hydrogens is 243 g/mol. The first-order valence-corrected chi connectivity index (χ1v) is 5.84. The number of hydrogen-bond donors (Lipinski definition) is 0. The van der Waals surface area contributed by atoms with Gasteiger partial charge in [-0.3, -0.25) is 0 Å². The van der Waals surface area contributed by atoms with Crippen LogP contribution in [0, 0.1) is 0 Å². The molecule has 16 heavy (non-hydrogen) atoms. The highest BCUT2D eigenvalue weighted by atomic mass is 35.5. The van der Waals surface area contributed by atoms with Crippen LogP contribution >= 0.6 is 23.2 Å². The Balaban J connectivity index is 2.56. The van der Waals surface area contributed by atoms with Gasteiger partial charge in [0.2, 0.25) is 5.28 Å². The Morgan fingerprint density at radius 2 is 2.00 bits per heavy atom. The maximum Gasteiger partial charge on any atom is 0.203 e. The molecule has 0 amide bonds. The van der Waals surface area contributed by atoms with Crippen molar-refractivity contribution in [3.8, 4) is 11.3 Å². The van der Waals surface area contributed by atoms with Gasteiger partial charge in [0.1, 0.15) is 0 Å². The van der Waals surface area contributed by atoms with Crippen LogP contribution in [0.1, 0.15) is 19.9 Å². The van der Waals surface area contributed by atoms with E-state index in [-0.39, 0.29) is 6.04 Å². The minimum Gasteiger partial charge on any atom is -0.312 e. The molecule has 0 aliphatic carbocycles. The van der Waals surface area contributed by atoms with Gasteiger partial charge in [-0.2, -0.15) is 0 Å². The monoisotopic (exact) mass is 254 g/mol. The summed E-state index contributed by atoms with van der Waals surface area (Å²) in [6.45, 7) is 4.14. The summed E-state index contributed by atoms with van der Waals surface area (Å²) in [6.07, 6.45) is 1.77. The number of benzene rings is 1. The van der Waals surface area contributed by atoms with Gasteiger partial charge in [0, 0.05) is 16.6 Å². The minimum atomic E-state index is 0.268. The first kappa shape index (κ1) is 11.5. The van der Waals surface area contributed by atoms with Crippen molar-refractivity contribution in [1.29, 1.82) is 0 Å². The second-order valence-corrected chi connectivity index (χ2v) is 4.66. The quantitative estimate of drug-likeness (QED) is 0.775. The van der Waals surface area contributed by atoms with E-state index in [9.17, 15) is 0 Å². The van der Waals surface area contributed by atoms with Crippen molar-refractivity contribution in [2.75, 3.05) is 0 Å². The summed E-state index contributed by atoms with van der Waals surface area (Å²) in [5.74, 6) is 0. The van der Waals surface area contributed by atoms with Gasteiger partial charge in [0.05, 0.1) is 11.9 Å². The third-order valence-electron chi connectivity index (χ3n) is 2.39. The number of rotatable bonds is 2. The molecule has 1 aromatic heterocycles. The largest absolute Gasteiger partial charge is 0.312 e. The van der Waals surface area contributed by atoms with Crippen LogP contribution < -0.4 is 0 Å². The minimum absolute atomic E-state index is 0.268. The van der Waals surface area contributed by atoms with Crippen molar-refractivity contribution in [3.63, 3.8) is 0 Å². The van der Waals surface area contributed by atoms with Crippen LogP contribution in [0.5, 0.6) is 0 Å². The molecule has 0 saturated carbocycles. The van der Waals surface area contributed by atoms with Gasteiger partial charge < -0.3 is 4.57 Å². The molecule has 0 atom stereocenters. The summed E-state index contributed by atoms with van der Waals surface area (Å²) in [5.41, 5.74) is 2.02. The topological polar surface area (TPSA) is 17.8 Å². The van der Waals surface area contributed by atoms with Crippen molar-refractivity contribution in [1.82, 2.24) is 9.55 Å². The highest BCUT2D eigenvalue weighted by Crippen LogP contribution is 2.28. The lowest BCUT2D eigenvalue weighted by Crippen LogP contribution is -2.02. The Morgan fingerprint density at radius 3 is 2.62 bits per heavy atom. The third-order valence-corrected chi connectivity index (χ3v) is 2.90. The zero-order valence-electron chi connectivity index (χ0n) is 9.11. The van der Waals surface area contributed by atoms with Crippen molar-refractivity contribution >= 4 is 23.2 Å². The second-order valence-electron chi connectivity index (χ2n) is 3.89. The van der Waals surface area contributed by atoms with E-state index in [0.717, 1.165) is 11.3 Å². The van der Waals surface area contributed by atoms with E-state index < -0.39 is 0 Å². The lowest BCUT2D eigenvalue weighted by Gasteiger charge is -2.13. The van der Waals surface area contributed by atoms with Crippen LogP contribution in [-0.4, -0.2) is 9.55 Å². The molecule has 2 rings (SSSR count). The molecule has 1 aromatic carbocycles. The fourth-order valence-corrected chi connectivity index (χ4v) is 2.22. The molecule has 0 spiro atoms. The van der Waals surface area contributed by atoms with Crippen LogP contribution in [0.4, 0.5) is 0 Å². The molecule has 0 N–H and O–H groups in total. The van der Waals surface area contributed by atoms with E-state index in [2.05, 4.69) is 18.8 Å². The molecule has 0 radical (unpaired) electrons. The Labute approximate surface area is 105 Å². The Kier molecular flexibility index (Phi) is 3.22. The Morgan fingerprint density at radius 1 is 1.25 bits per heavy atom. The maximum absolute atomic E-state index is 6.05. The summed E-state index contributed by atoms with van der Waals surface area (Å²) in [5, 5.41) is 1.22. The molecule has 2 aromatic rings. The van der Waals surface area contributed by atoms with E-state index in [1.54, 1.807) is 6.20 Å². The van der Waals surface area contributed by atoms with Crippen molar-refractivity contribution in [2.24, 2.45) is 0 Å². The Bertz CT molecular complexity index is 503. The number of aromatic nitrogens is 2. The molecule has 1 heterocycles. The van der Waals surface area contributed by atoms with Gasteiger partial charge in [0.25, 0.3) is 0 Å². The normalized spacial score (nSPS) is 11.1. The van der Waals surface area contributed by atoms with Gasteiger partial charge >= 0.3 is 0 Å². The summed E-state index contributed by atoms with van der Waals surface area (Å²) in [7, 11) is 0. The predicted molar refractivity (Wildman–Crippen MR) is 68.1 cm³/mol. The first-order chi connectivity index (χ1) is 7.59. The molecule has 84 valence electrons. The van der Waals surface area contributed by atoms with Crippen LogP contribution in [0.25, 0.3) is 11.3 Å². The predicted octanol–water partition coefficient (Wildman–Crippen LogP) is 4.44. The highest BCUT2D eigenvalue weighted by Gasteiger charge is 2.12. The zero-order valence-corrected chi connectivity index (χ0v) is 10.6. The molecule has 0 aliphatic rings. The molecule has 0 aliphatic heterocycles. The summed E-state index contributed by atoms with van der Waals surface area (Å²) >= 11 is 12.0. The van der Waals surface area contributed by atoms with Gasteiger partial charge in [-0.1, -0.05) is 23.7 Å². The number of imidazole rings is 1.